The Bertz CT molecular complexity index is 368. The molecule has 0 saturated heterocycles. The molecule has 0 amide bonds. The van der Waals surface area contributed by atoms with Gasteiger partial charge in [-0.15, -0.1) is 0 Å². The zero-order chi connectivity index (χ0) is 11.4. The third-order valence-corrected chi connectivity index (χ3v) is 3.17. The molecular formula is C10H9BrCl2O2. The van der Waals surface area contributed by atoms with Crippen LogP contribution in [0, 0.1) is 0 Å². The minimum Gasteiger partial charge on any atom is -0.468 e. The summed E-state index contributed by atoms with van der Waals surface area (Å²) in [5.41, 5.74) is 0.816. The molecule has 5 heteroatoms. The molecule has 82 valence electrons. The fourth-order valence-corrected chi connectivity index (χ4v) is 2.03. The molecule has 0 fully saturated rings. The molecule has 0 saturated carbocycles. The summed E-state index contributed by atoms with van der Waals surface area (Å²) in [5.74, 6) is -0.328. The van der Waals surface area contributed by atoms with E-state index < -0.39 is 4.83 Å². The van der Waals surface area contributed by atoms with Gasteiger partial charge in [0.25, 0.3) is 0 Å². The summed E-state index contributed by atoms with van der Waals surface area (Å²) in [6.45, 7) is 0. The average molecular weight is 312 g/mol. The van der Waals surface area contributed by atoms with Gasteiger partial charge >= 0.3 is 5.97 Å². The molecule has 0 bridgehead atoms. The summed E-state index contributed by atoms with van der Waals surface area (Å²) in [7, 11) is 1.34. The van der Waals surface area contributed by atoms with Crippen LogP contribution in [0.4, 0.5) is 0 Å². The van der Waals surface area contributed by atoms with E-state index in [-0.39, 0.29) is 5.97 Å². The van der Waals surface area contributed by atoms with Crippen LogP contribution < -0.4 is 0 Å². The molecule has 2 nitrogen and oxygen atoms in total. The quantitative estimate of drug-likeness (QED) is 0.631. The molecule has 15 heavy (non-hydrogen) atoms. The molecule has 0 aliphatic heterocycles. The first-order valence-electron chi connectivity index (χ1n) is 4.20. The molecule has 0 radical (unpaired) electrons. The average Bonchev–Trinajstić information content (AvgIpc) is 2.22. The van der Waals surface area contributed by atoms with Crippen LogP contribution in [0.2, 0.25) is 10.0 Å². The minimum atomic E-state index is -0.404. The number of hydrogen-bond donors (Lipinski definition) is 0. The summed E-state index contributed by atoms with van der Waals surface area (Å²) >= 11 is 15.0. The Labute approximate surface area is 107 Å². The first kappa shape index (κ1) is 12.8. The third-order valence-electron chi connectivity index (χ3n) is 1.86. The predicted molar refractivity (Wildman–Crippen MR) is 64.9 cm³/mol. The monoisotopic (exact) mass is 310 g/mol. The minimum absolute atomic E-state index is 0.328. The first-order chi connectivity index (χ1) is 7.04. The number of hydrogen-bond acceptors (Lipinski definition) is 2. The zero-order valence-corrected chi connectivity index (χ0v) is 11.1. The molecule has 1 rings (SSSR count). The maximum Gasteiger partial charge on any atom is 0.319 e. The standard InChI is InChI=1S/C10H9BrCl2O2/c1-15-10(14)8(11)5-6-4-7(12)2-3-9(6)13/h2-4,8H,5H2,1H3/t8-/m0/s1. The molecule has 0 spiro atoms. The fraction of sp³-hybridized carbons (Fsp3) is 0.300. The second kappa shape index (κ2) is 5.73. The molecule has 0 aliphatic rings. The SMILES string of the molecule is COC(=O)[C@@H](Br)Cc1cc(Cl)ccc1Cl. The van der Waals surface area contributed by atoms with Crippen LogP contribution in [-0.4, -0.2) is 17.9 Å². The lowest BCUT2D eigenvalue weighted by atomic mass is 10.1. The van der Waals surface area contributed by atoms with Crippen molar-refractivity contribution < 1.29 is 9.53 Å². The van der Waals surface area contributed by atoms with Crippen molar-refractivity contribution in [2.24, 2.45) is 0 Å². The van der Waals surface area contributed by atoms with Gasteiger partial charge in [-0.1, -0.05) is 39.1 Å². The molecule has 1 aromatic rings. The first-order valence-corrected chi connectivity index (χ1v) is 5.87. The lowest BCUT2D eigenvalue weighted by Gasteiger charge is -2.09. The second-order valence-corrected chi connectivity index (χ2v) is 4.88. The molecule has 0 aromatic heterocycles. The van der Waals surface area contributed by atoms with Crippen LogP contribution in [0.5, 0.6) is 0 Å². The van der Waals surface area contributed by atoms with Crippen molar-refractivity contribution in [2.45, 2.75) is 11.2 Å². The summed E-state index contributed by atoms with van der Waals surface area (Å²) in [5, 5.41) is 1.19. The molecule has 0 heterocycles. The number of alkyl halides is 1. The number of carbonyl (C=O) groups is 1. The van der Waals surface area contributed by atoms with Gasteiger partial charge in [0.05, 0.1) is 7.11 Å². The summed E-state index contributed by atoms with van der Waals surface area (Å²) in [6.07, 6.45) is 0.450. The smallest absolute Gasteiger partial charge is 0.319 e. The van der Waals surface area contributed by atoms with Gasteiger partial charge in [-0.3, -0.25) is 4.79 Å². The van der Waals surface area contributed by atoms with Crippen molar-refractivity contribution in [3.05, 3.63) is 33.8 Å². The van der Waals surface area contributed by atoms with Crippen molar-refractivity contribution in [2.75, 3.05) is 7.11 Å². The van der Waals surface area contributed by atoms with Gasteiger partial charge in [-0.05, 0) is 30.2 Å². The number of esters is 1. The Kier molecular flexibility index (Phi) is 4.90. The van der Waals surface area contributed by atoms with E-state index in [2.05, 4.69) is 20.7 Å². The van der Waals surface area contributed by atoms with E-state index in [1.807, 2.05) is 0 Å². The van der Waals surface area contributed by atoms with Crippen molar-refractivity contribution in [1.29, 1.82) is 0 Å². The van der Waals surface area contributed by atoms with E-state index in [1.165, 1.54) is 7.11 Å². The number of ether oxygens (including phenoxy) is 1. The van der Waals surface area contributed by atoms with E-state index in [0.29, 0.717) is 16.5 Å². The highest BCUT2D eigenvalue weighted by Crippen LogP contribution is 2.23. The lowest BCUT2D eigenvalue weighted by Crippen LogP contribution is -2.18. The molecule has 0 aliphatic carbocycles. The highest BCUT2D eigenvalue weighted by atomic mass is 79.9. The fourth-order valence-electron chi connectivity index (χ4n) is 1.10. The Morgan fingerprint density at radius 3 is 2.80 bits per heavy atom. The van der Waals surface area contributed by atoms with Gasteiger partial charge in [0.15, 0.2) is 0 Å². The zero-order valence-electron chi connectivity index (χ0n) is 7.97. The Morgan fingerprint density at radius 1 is 1.53 bits per heavy atom. The van der Waals surface area contributed by atoms with Gasteiger partial charge in [-0.2, -0.15) is 0 Å². The number of rotatable bonds is 3. The Morgan fingerprint density at radius 2 is 2.20 bits per heavy atom. The van der Waals surface area contributed by atoms with Crippen molar-refractivity contribution in [3.8, 4) is 0 Å². The van der Waals surface area contributed by atoms with Crippen LogP contribution in [0.3, 0.4) is 0 Å². The van der Waals surface area contributed by atoms with E-state index in [1.54, 1.807) is 18.2 Å². The number of methoxy groups -OCH3 is 1. The van der Waals surface area contributed by atoms with Gasteiger partial charge in [0, 0.05) is 10.0 Å². The van der Waals surface area contributed by atoms with Crippen LogP contribution in [-0.2, 0) is 16.0 Å². The maximum atomic E-state index is 11.2. The molecule has 1 aromatic carbocycles. The number of benzene rings is 1. The summed E-state index contributed by atoms with van der Waals surface area (Å²) in [4.78, 5) is 10.8. The van der Waals surface area contributed by atoms with Crippen molar-refractivity contribution in [3.63, 3.8) is 0 Å². The Balaban J connectivity index is 2.80. The maximum absolute atomic E-state index is 11.2. The van der Waals surface area contributed by atoms with Gasteiger partial charge < -0.3 is 4.74 Å². The highest BCUT2D eigenvalue weighted by molar-refractivity contribution is 9.10. The number of halogens is 3. The van der Waals surface area contributed by atoms with Crippen molar-refractivity contribution in [1.82, 2.24) is 0 Å². The van der Waals surface area contributed by atoms with Crippen molar-refractivity contribution >= 4 is 45.1 Å². The molecule has 0 unspecified atom stereocenters. The molecule has 0 N–H and O–H groups in total. The predicted octanol–water partition coefficient (Wildman–Crippen LogP) is 3.47. The summed E-state index contributed by atoms with van der Waals surface area (Å²) < 4.78 is 4.59. The van der Waals surface area contributed by atoms with E-state index >= 15 is 0 Å². The highest BCUT2D eigenvalue weighted by Gasteiger charge is 2.17. The normalized spacial score (nSPS) is 12.3. The Hall–Kier alpha value is -0.250. The van der Waals surface area contributed by atoms with Gasteiger partial charge in [-0.25, -0.2) is 0 Å². The van der Waals surface area contributed by atoms with Gasteiger partial charge in [0.2, 0.25) is 0 Å². The second-order valence-electron chi connectivity index (χ2n) is 2.93. The van der Waals surface area contributed by atoms with Crippen LogP contribution in [0.1, 0.15) is 5.56 Å². The lowest BCUT2D eigenvalue weighted by molar-refractivity contribution is -0.139. The third kappa shape index (κ3) is 3.67. The van der Waals surface area contributed by atoms with Gasteiger partial charge in [0.1, 0.15) is 4.83 Å². The van der Waals surface area contributed by atoms with Crippen LogP contribution in [0.25, 0.3) is 0 Å². The van der Waals surface area contributed by atoms with E-state index in [4.69, 9.17) is 23.2 Å². The van der Waals surface area contributed by atoms with Crippen LogP contribution >= 0.6 is 39.1 Å². The largest absolute Gasteiger partial charge is 0.468 e. The molecule has 1 atom stereocenters. The number of carbonyl (C=O) groups excluding carboxylic acids is 1. The molecular weight excluding hydrogens is 303 g/mol. The van der Waals surface area contributed by atoms with Crippen LogP contribution in [0.15, 0.2) is 18.2 Å². The van der Waals surface area contributed by atoms with E-state index in [0.717, 1.165) is 5.56 Å². The summed E-state index contributed by atoms with van der Waals surface area (Å²) in [6, 6.07) is 5.14. The topological polar surface area (TPSA) is 26.3 Å². The van der Waals surface area contributed by atoms with E-state index in [9.17, 15) is 4.79 Å².